The number of rotatable bonds is 7. The van der Waals surface area contributed by atoms with Crippen molar-refractivity contribution in [3.8, 4) is 0 Å². The predicted molar refractivity (Wildman–Crippen MR) is 63.9 cm³/mol. The van der Waals surface area contributed by atoms with Crippen molar-refractivity contribution in [2.45, 2.75) is 26.8 Å². The van der Waals surface area contributed by atoms with Crippen molar-refractivity contribution < 1.29 is 4.79 Å². The maximum Gasteiger partial charge on any atom is 0.236 e. The van der Waals surface area contributed by atoms with Crippen LogP contribution in [0.1, 0.15) is 20.8 Å². The van der Waals surface area contributed by atoms with Gasteiger partial charge in [-0.05, 0) is 27.8 Å². The van der Waals surface area contributed by atoms with Crippen LogP contribution in [0.5, 0.6) is 0 Å². The van der Waals surface area contributed by atoms with Gasteiger partial charge in [-0.15, -0.1) is 0 Å². The molecule has 90 valence electrons. The van der Waals surface area contributed by atoms with Crippen LogP contribution in [0.15, 0.2) is 0 Å². The van der Waals surface area contributed by atoms with Crippen LogP contribution in [-0.4, -0.2) is 62.0 Å². The molecule has 0 radical (unpaired) electrons. The molecule has 1 N–H and O–H groups in total. The van der Waals surface area contributed by atoms with Gasteiger partial charge in [0, 0.05) is 32.7 Å². The van der Waals surface area contributed by atoms with E-state index in [0.717, 1.165) is 19.6 Å². The van der Waals surface area contributed by atoms with E-state index in [2.05, 4.69) is 31.1 Å². The van der Waals surface area contributed by atoms with Crippen molar-refractivity contribution in [1.29, 1.82) is 0 Å². The van der Waals surface area contributed by atoms with E-state index in [0.29, 0.717) is 12.6 Å². The SMILES string of the molecule is CCN(C)C(=O)CNCCN(C)C(C)C. The average molecular weight is 215 g/mol. The van der Waals surface area contributed by atoms with E-state index in [1.165, 1.54) is 0 Å². The summed E-state index contributed by atoms with van der Waals surface area (Å²) >= 11 is 0. The van der Waals surface area contributed by atoms with Crippen LogP contribution in [-0.2, 0) is 4.79 Å². The summed E-state index contributed by atoms with van der Waals surface area (Å²) in [6.45, 7) is 9.35. The topological polar surface area (TPSA) is 35.6 Å². The lowest BCUT2D eigenvalue weighted by atomic mass is 10.3. The number of carbonyl (C=O) groups excluding carboxylic acids is 1. The van der Waals surface area contributed by atoms with Gasteiger partial charge in [0.2, 0.25) is 5.91 Å². The Morgan fingerprint density at radius 3 is 2.40 bits per heavy atom. The second-order valence-electron chi connectivity index (χ2n) is 4.16. The molecule has 0 saturated heterocycles. The molecule has 4 heteroatoms. The van der Waals surface area contributed by atoms with Gasteiger partial charge in [0.1, 0.15) is 0 Å². The van der Waals surface area contributed by atoms with Crippen molar-refractivity contribution >= 4 is 5.91 Å². The second kappa shape index (κ2) is 7.65. The Bertz CT molecular complexity index is 183. The lowest BCUT2D eigenvalue weighted by Gasteiger charge is -2.21. The lowest BCUT2D eigenvalue weighted by Crippen LogP contribution is -2.39. The first-order valence-corrected chi connectivity index (χ1v) is 5.64. The van der Waals surface area contributed by atoms with E-state index in [9.17, 15) is 4.79 Å². The Balaban J connectivity index is 3.50. The quantitative estimate of drug-likeness (QED) is 0.624. The molecule has 0 atom stereocenters. The molecule has 0 aromatic carbocycles. The number of likely N-dealkylation sites (N-methyl/N-ethyl adjacent to an activating group) is 2. The Labute approximate surface area is 93.6 Å². The molecule has 0 unspecified atom stereocenters. The fourth-order valence-electron chi connectivity index (χ4n) is 1.02. The van der Waals surface area contributed by atoms with Gasteiger partial charge in [-0.2, -0.15) is 0 Å². The Morgan fingerprint density at radius 2 is 1.93 bits per heavy atom. The van der Waals surface area contributed by atoms with Gasteiger partial charge < -0.3 is 15.1 Å². The fourth-order valence-corrected chi connectivity index (χ4v) is 1.02. The average Bonchev–Trinajstić information content (AvgIpc) is 2.22. The molecule has 0 fully saturated rings. The van der Waals surface area contributed by atoms with Crippen LogP contribution in [0.4, 0.5) is 0 Å². The third-order valence-corrected chi connectivity index (χ3v) is 2.70. The molecule has 0 spiro atoms. The van der Waals surface area contributed by atoms with Crippen molar-refractivity contribution in [3.63, 3.8) is 0 Å². The molecule has 0 saturated carbocycles. The Morgan fingerprint density at radius 1 is 1.33 bits per heavy atom. The van der Waals surface area contributed by atoms with Crippen molar-refractivity contribution in [2.75, 3.05) is 40.3 Å². The van der Waals surface area contributed by atoms with E-state index in [1.807, 2.05) is 14.0 Å². The summed E-state index contributed by atoms with van der Waals surface area (Å²) in [5.41, 5.74) is 0. The summed E-state index contributed by atoms with van der Waals surface area (Å²) in [5.74, 6) is 0.157. The number of nitrogens with one attached hydrogen (secondary N) is 1. The normalized spacial score (nSPS) is 11.1. The zero-order valence-electron chi connectivity index (χ0n) is 10.7. The molecule has 0 heterocycles. The smallest absolute Gasteiger partial charge is 0.236 e. The van der Waals surface area contributed by atoms with Crippen molar-refractivity contribution in [3.05, 3.63) is 0 Å². The van der Waals surface area contributed by atoms with Crippen LogP contribution >= 0.6 is 0 Å². The lowest BCUT2D eigenvalue weighted by molar-refractivity contribution is -0.128. The van der Waals surface area contributed by atoms with Gasteiger partial charge in [0.15, 0.2) is 0 Å². The molecule has 0 aliphatic rings. The summed E-state index contributed by atoms with van der Waals surface area (Å²) in [7, 11) is 3.91. The minimum Gasteiger partial charge on any atom is -0.345 e. The highest BCUT2D eigenvalue weighted by molar-refractivity contribution is 5.77. The molecular weight excluding hydrogens is 190 g/mol. The van der Waals surface area contributed by atoms with Gasteiger partial charge in [0.05, 0.1) is 6.54 Å². The van der Waals surface area contributed by atoms with Gasteiger partial charge in [-0.1, -0.05) is 0 Å². The first-order valence-electron chi connectivity index (χ1n) is 5.64. The first kappa shape index (κ1) is 14.4. The third-order valence-electron chi connectivity index (χ3n) is 2.70. The van der Waals surface area contributed by atoms with E-state index < -0.39 is 0 Å². The number of hydrogen-bond acceptors (Lipinski definition) is 3. The number of amides is 1. The van der Waals surface area contributed by atoms with Crippen LogP contribution in [0.25, 0.3) is 0 Å². The maximum absolute atomic E-state index is 11.4. The molecule has 0 aromatic rings. The minimum atomic E-state index is 0.157. The molecule has 4 nitrogen and oxygen atoms in total. The van der Waals surface area contributed by atoms with Gasteiger partial charge in [0.25, 0.3) is 0 Å². The standard InChI is InChI=1S/C11H25N3O/c1-6-13(4)11(15)9-12-7-8-14(5)10(2)3/h10,12H,6-9H2,1-5H3. The van der Waals surface area contributed by atoms with Crippen molar-refractivity contribution in [2.24, 2.45) is 0 Å². The molecule has 15 heavy (non-hydrogen) atoms. The Kier molecular flexibility index (Phi) is 7.34. The van der Waals surface area contributed by atoms with E-state index in [1.54, 1.807) is 4.90 Å². The molecule has 0 rings (SSSR count). The molecule has 1 amide bonds. The number of nitrogens with zero attached hydrogens (tertiary/aromatic N) is 2. The summed E-state index contributed by atoms with van der Waals surface area (Å²) in [4.78, 5) is 15.4. The highest BCUT2D eigenvalue weighted by atomic mass is 16.2. The third kappa shape index (κ3) is 6.47. The summed E-state index contributed by atoms with van der Waals surface area (Å²) in [6, 6.07) is 0.556. The molecular formula is C11H25N3O. The minimum absolute atomic E-state index is 0.157. The summed E-state index contributed by atoms with van der Waals surface area (Å²) in [6.07, 6.45) is 0. The first-order chi connectivity index (χ1) is 6.99. The second-order valence-corrected chi connectivity index (χ2v) is 4.16. The highest BCUT2D eigenvalue weighted by Crippen LogP contribution is 1.90. The van der Waals surface area contributed by atoms with Crippen LogP contribution in [0.2, 0.25) is 0 Å². The van der Waals surface area contributed by atoms with Crippen LogP contribution < -0.4 is 5.32 Å². The fraction of sp³-hybridized carbons (Fsp3) is 0.909. The molecule has 0 aliphatic carbocycles. The van der Waals surface area contributed by atoms with Crippen LogP contribution in [0, 0.1) is 0 Å². The predicted octanol–water partition coefficient (Wildman–Crippen LogP) is 0.395. The number of hydrogen-bond donors (Lipinski definition) is 1. The van der Waals surface area contributed by atoms with Gasteiger partial charge in [-0.3, -0.25) is 4.79 Å². The Hall–Kier alpha value is -0.610. The summed E-state index contributed by atoms with van der Waals surface area (Å²) < 4.78 is 0. The van der Waals surface area contributed by atoms with Gasteiger partial charge in [-0.25, -0.2) is 0 Å². The molecule has 0 aliphatic heterocycles. The molecule has 0 bridgehead atoms. The zero-order valence-corrected chi connectivity index (χ0v) is 10.7. The monoisotopic (exact) mass is 215 g/mol. The van der Waals surface area contributed by atoms with E-state index >= 15 is 0 Å². The largest absolute Gasteiger partial charge is 0.345 e. The zero-order chi connectivity index (χ0) is 11.8. The van der Waals surface area contributed by atoms with E-state index in [-0.39, 0.29) is 5.91 Å². The molecule has 0 aromatic heterocycles. The van der Waals surface area contributed by atoms with Gasteiger partial charge >= 0.3 is 0 Å². The van der Waals surface area contributed by atoms with Crippen molar-refractivity contribution in [1.82, 2.24) is 15.1 Å². The van der Waals surface area contributed by atoms with Crippen LogP contribution in [0.3, 0.4) is 0 Å². The summed E-state index contributed by atoms with van der Waals surface area (Å²) in [5, 5.41) is 3.15. The van der Waals surface area contributed by atoms with E-state index in [4.69, 9.17) is 0 Å². The number of carbonyl (C=O) groups is 1. The maximum atomic E-state index is 11.4. The highest BCUT2D eigenvalue weighted by Gasteiger charge is 2.06.